The molecule has 20 heavy (non-hydrogen) atoms. The molecule has 2 aromatic carbocycles. The van der Waals surface area contributed by atoms with E-state index in [4.69, 9.17) is 16.3 Å². The first-order valence-corrected chi connectivity index (χ1v) is 7.52. The van der Waals surface area contributed by atoms with Crippen LogP contribution < -0.4 is 10.1 Å². The van der Waals surface area contributed by atoms with E-state index in [1.54, 1.807) is 7.11 Å². The lowest BCUT2D eigenvalue weighted by Crippen LogP contribution is -2.05. The van der Waals surface area contributed by atoms with Crippen LogP contribution in [0.25, 0.3) is 0 Å². The second-order valence-corrected chi connectivity index (χ2v) is 6.01. The summed E-state index contributed by atoms with van der Waals surface area (Å²) in [5.74, 6) is 0.803. The second-order valence-electron chi connectivity index (χ2n) is 4.69. The Kier molecular flexibility index (Phi) is 4.95. The normalized spacial score (nSPS) is 10.4. The second kappa shape index (κ2) is 6.51. The molecule has 0 aromatic heterocycles. The van der Waals surface area contributed by atoms with Crippen LogP contribution >= 0.6 is 27.5 Å². The Balaban J connectivity index is 2.26. The minimum absolute atomic E-state index is 0.631. The van der Waals surface area contributed by atoms with Crippen molar-refractivity contribution in [2.45, 2.75) is 20.4 Å². The molecule has 0 unspecified atom stereocenters. The number of methoxy groups -OCH3 is 1. The lowest BCUT2D eigenvalue weighted by Gasteiger charge is -2.16. The predicted molar refractivity (Wildman–Crippen MR) is 88.9 cm³/mol. The number of benzene rings is 2. The molecule has 0 aliphatic heterocycles. The SMILES string of the molecule is COc1cccc(Cl)c1CNc1c(C)cc(Br)cc1C. The fraction of sp³-hybridized carbons (Fsp3) is 0.250. The van der Waals surface area contributed by atoms with E-state index in [0.29, 0.717) is 11.6 Å². The van der Waals surface area contributed by atoms with Crippen LogP contribution in [0.5, 0.6) is 5.75 Å². The van der Waals surface area contributed by atoms with Gasteiger partial charge in [-0.3, -0.25) is 0 Å². The maximum absolute atomic E-state index is 6.25. The third kappa shape index (κ3) is 3.28. The Morgan fingerprint density at radius 3 is 2.45 bits per heavy atom. The molecule has 0 fully saturated rings. The average Bonchev–Trinajstić information content (AvgIpc) is 2.38. The Morgan fingerprint density at radius 1 is 1.20 bits per heavy atom. The van der Waals surface area contributed by atoms with Crippen molar-refractivity contribution < 1.29 is 4.74 Å². The number of aryl methyl sites for hydroxylation is 2. The molecule has 2 rings (SSSR count). The zero-order valence-electron chi connectivity index (χ0n) is 11.8. The van der Waals surface area contributed by atoms with Crippen molar-refractivity contribution in [2.24, 2.45) is 0 Å². The predicted octanol–water partition coefficient (Wildman–Crippen LogP) is 5.34. The zero-order valence-corrected chi connectivity index (χ0v) is 14.1. The van der Waals surface area contributed by atoms with Gasteiger partial charge in [-0.15, -0.1) is 0 Å². The van der Waals surface area contributed by atoms with Gasteiger partial charge in [-0.1, -0.05) is 33.6 Å². The van der Waals surface area contributed by atoms with Gasteiger partial charge in [0.2, 0.25) is 0 Å². The van der Waals surface area contributed by atoms with E-state index in [0.717, 1.165) is 21.5 Å². The molecule has 4 heteroatoms. The van der Waals surface area contributed by atoms with Gasteiger partial charge in [0.15, 0.2) is 0 Å². The number of rotatable bonds is 4. The number of hydrogen-bond donors (Lipinski definition) is 1. The standard InChI is InChI=1S/C16H17BrClNO/c1-10-7-12(17)8-11(2)16(10)19-9-13-14(18)5-4-6-15(13)20-3/h4-8,19H,9H2,1-3H3. The van der Waals surface area contributed by atoms with Gasteiger partial charge in [-0.05, 0) is 49.2 Å². The van der Waals surface area contributed by atoms with Gasteiger partial charge in [0.1, 0.15) is 5.75 Å². The molecule has 0 amide bonds. The average molecular weight is 355 g/mol. The molecule has 2 nitrogen and oxygen atoms in total. The van der Waals surface area contributed by atoms with Gasteiger partial charge in [0.25, 0.3) is 0 Å². The fourth-order valence-corrected chi connectivity index (χ4v) is 3.19. The third-order valence-corrected chi connectivity index (χ3v) is 4.05. The smallest absolute Gasteiger partial charge is 0.125 e. The first kappa shape index (κ1) is 15.2. The van der Waals surface area contributed by atoms with Crippen LogP contribution in [-0.4, -0.2) is 7.11 Å². The maximum Gasteiger partial charge on any atom is 0.125 e. The topological polar surface area (TPSA) is 21.3 Å². The van der Waals surface area contributed by atoms with E-state index >= 15 is 0 Å². The monoisotopic (exact) mass is 353 g/mol. The first-order chi connectivity index (χ1) is 9.52. The van der Waals surface area contributed by atoms with Crippen LogP contribution in [0, 0.1) is 13.8 Å². The van der Waals surface area contributed by atoms with Crippen LogP contribution in [0.1, 0.15) is 16.7 Å². The molecule has 0 atom stereocenters. The van der Waals surface area contributed by atoms with Gasteiger partial charge in [0.05, 0.1) is 7.11 Å². The summed E-state index contributed by atoms with van der Waals surface area (Å²) in [6.07, 6.45) is 0. The summed E-state index contributed by atoms with van der Waals surface area (Å²) in [5.41, 5.74) is 4.50. The highest BCUT2D eigenvalue weighted by Gasteiger charge is 2.09. The van der Waals surface area contributed by atoms with Crippen molar-refractivity contribution in [3.05, 3.63) is 56.5 Å². The van der Waals surface area contributed by atoms with Crippen molar-refractivity contribution in [2.75, 3.05) is 12.4 Å². The number of ether oxygens (including phenoxy) is 1. The summed E-state index contributed by atoms with van der Waals surface area (Å²) in [6.45, 7) is 4.81. The van der Waals surface area contributed by atoms with Crippen molar-refractivity contribution in [1.29, 1.82) is 0 Å². The van der Waals surface area contributed by atoms with Crippen molar-refractivity contribution >= 4 is 33.2 Å². The largest absolute Gasteiger partial charge is 0.496 e. The summed E-state index contributed by atoms with van der Waals surface area (Å²) in [7, 11) is 1.66. The molecular weight excluding hydrogens is 338 g/mol. The summed E-state index contributed by atoms with van der Waals surface area (Å²) >= 11 is 9.76. The minimum Gasteiger partial charge on any atom is -0.496 e. The molecule has 0 radical (unpaired) electrons. The van der Waals surface area contributed by atoms with Crippen LogP contribution in [-0.2, 0) is 6.54 Å². The number of hydrogen-bond acceptors (Lipinski definition) is 2. The highest BCUT2D eigenvalue weighted by molar-refractivity contribution is 9.10. The molecule has 0 saturated carbocycles. The minimum atomic E-state index is 0.631. The number of nitrogens with one attached hydrogen (secondary N) is 1. The molecule has 0 aliphatic carbocycles. The molecule has 0 heterocycles. The molecule has 106 valence electrons. The first-order valence-electron chi connectivity index (χ1n) is 6.35. The van der Waals surface area contributed by atoms with Gasteiger partial charge < -0.3 is 10.1 Å². The number of halogens is 2. The highest BCUT2D eigenvalue weighted by Crippen LogP contribution is 2.29. The molecule has 2 aromatic rings. The van der Waals surface area contributed by atoms with E-state index in [9.17, 15) is 0 Å². The van der Waals surface area contributed by atoms with Crippen LogP contribution in [0.4, 0.5) is 5.69 Å². The molecular formula is C16H17BrClNO. The quantitative estimate of drug-likeness (QED) is 0.800. The lowest BCUT2D eigenvalue weighted by molar-refractivity contribution is 0.410. The van der Waals surface area contributed by atoms with Crippen LogP contribution in [0.15, 0.2) is 34.8 Å². The molecule has 1 N–H and O–H groups in total. The summed E-state index contributed by atoms with van der Waals surface area (Å²) in [4.78, 5) is 0. The van der Waals surface area contributed by atoms with E-state index in [1.807, 2.05) is 18.2 Å². The maximum atomic E-state index is 6.25. The van der Waals surface area contributed by atoms with Gasteiger partial charge >= 0.3 is 0 Å². The van der Waals surface area contributed by atoms with Gasteiger partial charge in [0, 0.05) is 27.3 Å². The Hall–Kier alpha value is -1.19. The van der Waals surface area contributed by atoms with E-state index < -0.39 is 0 Å². The fourth-order valence-electron chi connectivity index (χ4n) is 2.27. The van der Waals surface area contributed by atoms with E-state index in [2.05, 4.69) is 47.2 Å². The molecule has 0 saturated heterocycles. The highest BCUT2D eigenvalue weighted by atomic mass is 79.9. The van der Waals surface area contributed by atoms with Crippen molar-refractivity contribution in [3.63, 3.8) is 0 Å². The summed E-state index contributed by atoms with van der Waals surface area (Å²) < 4.78 is 6.45. The van der Waals surface area contributed by atoms with Gasteiger partial charge in [-0.2, -0.15) is 0 Å². The van der Waals surface area contributed by atoms with Gasteiger partial charge in [-0.25, -0.2) is 0 Å². The van der Waals surface area contributed by atoms with E-state index in [-0.39, 0.29) is 0 Å². The summed E-state index contributed by atoms with van der Waals surface area (Å²) in [5, 5.41) is 4.17. The van der Waals surface area contributed by atoms with E-state index in [1.165, 1.54) is 11.1 Å². The summed E-state index contributed by atoms with van der Waals surface area (Å²) in [6, 6.07) is 9.88. The number of anilines is 1. The zero-order chi connectivity index (χ0) is 14.7. The van der Waals surface area contributed by atoms with Crippen LogP contribution in [0.3, 0.4) is 0 Å². The van der Waals surface area contributed by atoms with Crippen molar-refractivity contribution in [3.8, 4) is 5.75 Å². The molecule has 0 bridgehead atoms. The molecule has 0 aliphatic rings. The van der Waals surface area contributed by atoms with Crippen LogP contribution in [0.2, 0.25) is 5.02 Å². The Morgan fingerprint density at radius 2 is 1.85 bits per heavy atom. The third-order valence-electron chi connectivity index (χ3n) is 3.24. The van der Waals surface area contributed by atoms with Crippen molar-refractivity contribution in [1.82, 2.24) is 0 Å². The molecule has 0 spiro atoms. The Labute approximate surface area is 133 Å². The Bertz CT molecular complexity index is 605. The lowest BCUT2D eigenvalue weighted by atomic mass is 10.1.